The highest BCUT2D eigenvalue weighted by Gasteiger charge is 2.10. The molecule has 0 fully saturated rings. The van der Waals surface area contributed by atoms with E-state index in [0.29, 0.717) is 29.3 Å². The molecule has 0 aromatic heterocycles. The molecule has 0 aliphatic heterocycles. The van der Waals surface area contributed by atoms with Crippen molar-refractivity contribution in [2.45, 2.75) is 32.8 Å². The Kier molecular flexibility index (Phi) is 7.22. The van der Waals surface area contributed by atoms with Crippen LogP contribution in [0, 0.1) is 0 Å². The summed E-state index contributed by atoms with van der Waals surface area (Å²) in [7, 11) is 0. The minimum atomic E-state index is -0.167. The predicted octanol–water partition coefficient (Wildman–Crippen LogP) is 4.57. The summed E-state index contributed by atoms with van der Waals surface area (Å²) in [6, 6.07) is 14.9. The molecular weight excluding hydrogens is 356 g/mol. The summed E-state index contributed by atoms with van der Waals surface area (Å²) in [5.74, 6) is 0.518. The molecule has 0 aliphatic carbocycles. The van der Waals surface area contributed by atoms with Gasteiger partial charge >= 0.3 is 0 Å². The van der Waals surface area contributed by atoms with E-state index in [-0.39, 0.29) is 17.1 Å². The van der Waals surface area contributed by atoms with Crippen LogP contribution in [0.4, 0.5) is 5.69 Å². The van der Waals surface area contributed by atoms with Gasteiger partial charge in [-0.2, -0.15) is 0 Å². The molecule has 2 aromatic rings. The largest absolute Gasteiger partial charge is 0.489 e. The lowest BCUT2D eigenvalue weighted by atomic mass is 10.1. The first kappa shape index (κ1) is 19.2. The second kappa shape index (κ2) is 9.39. The molecule has 0 bridgehead atoms. The van der Waals surface area contributed by atoms with Crippen molar-refractivity contribution in [3.63, 3.8) is 0 Å². The number of halogens is 1. The lowest BCUT2D eigenvalue weighted by molar-refractivity contribution is -0.119. The van der Waals surface area contributed by atoms with Crippen molar-refractivity contribution in [1.29, 1.82) is 0 Å². The van der Waals surface area contributed by atoms with E-state index in [1.165, 1.54) is 0 Å². The Morgan fingerprint density at radius 3 is 2.56 bits per heavy atom. The summed E-state index contributed by atoms with van der Waals surface area (Å²) >= 11 is 11.3. The van der Waals surface area contributed by atoms with E-state index in [4.69, 9.17) is 28.6 Å². The number of amides is 1. The van der Waals surface area contributed by atoms with Gasteiger partial charge in [-0.15, -0.1) is 0 Å². The van der Waals surface area contributed by atoms with Crippen molar-refractivity contribution in [1.82, 2.24) is 5.32 Å². The molecule has 0 spiro atoms. The van der Waals surface area contributed by atoms with Gasteiger partial charge in [0.1, 0.15) is 5.75 Å². The molecule has 0 saturated carbocycles. The number of aryl methyl sites for hydroxylation is 1. The van der Waals surface area contributed by atoms with E-state index in [2.05, 4.69) is 10.6 Å². The summed E-state index contributed by atoms with van der Waals surface area (Å²) in [4.78, 5) is 12.1. The van der Waals surface area contributed by atoms with Crippen LogP contribution in [0.1, 0.15) is 25.8 Å². The third-order valence-corrected chi connectivity index (χ3v) is 3.90. The summed E-state index contributed by atoms with van der Waals surface area (Å²) < 4.78 is 5.72. The lowest BCUT2D eigenvalue weighted by Crippen LogP contribution is -2.34. The van der Waals surface area contributed by atoms with E-state index in [1.54, 1.807) is 0 Å². The second-order valence-corrected chi connectivity index (χ2v) is 6.57. The number of para-hydroxylation sites is 2. The highest BCUT2D eigenvalue weighted by atomic mass is 35.5. The van der Waals surface area contributed by atoms with Crippen LogP contribution >= 0.6 is 23.8 Å². The van der Waals surface area contributed by atoms with E-state index < -0.39 is 0 Å². The molecule has 0 atom stereocenters. The van der Waals surface area contributed by atoms with E-state index in [1.807, 2.05) is 62.4 Å². The maximum atomic E-state index is 12.1. The summed E-state index contributed by atoms with van der Waals surface area (Å²) in [5, 5.41) is 6.59. The third-order valence-electron chi connectivity index (χ3n) is 3.33. The van der Waals surface area contributed by atoms with Crippen LogP contribution in [0.25, 0.3) is 0 Å². The first-order valence-electron chi connectivity index (χ1n) is 8.05. The van der Waals surface area contributed by atoms with Gasteiger partial charge < -0.3 is 15.4 Å². The van der Waals surface area contributed by atoms with Gasteiger partial charge in [0.05, 0.1) is 11.8 Å². The molecule has 0 saturated heterocycles. The number of carbonyl (C=O) groups is 1. The van der Waals surface area contributed by atoms with Crippen LogP contribution in [0.2, 0.25) is 5.02 Å². The average molecular weight is 377 g/mol. The van der Waals surface area contributed by atoms with Gasteiger partial charge in [-0.3, -0.25) is 4.79 Å². The zero-order valence-electron chi connectivity index (χ0n) is 14.2. The van der Waals surface area contributed by atoms with E-state index in [9.17, 15) is 4.79 Å². The van der Waals surface area contributed by atoms with Crippen LogP contribution in [-0.2, 0) is 11.2 Å². The highest BCUT2D eigenvalue weighted by molar-refractivity contribution is 7.80. The minimum Gasteiger partial charge on any atom is -0.489 e. The Morgan fingerprint density at radius 2 is 1.84 bits per heavy atom. The molecule has 25 heavy (non-hydrogen) atoms. The second-order valence-electron chi connectivity index (χ2n) is 5.76. The number of rotatable bonds is 6. The lowest BCUT2D eigenvalue weighted by Gasteiger charge is -2.16. The zero-order valence-corrected chi connectivity index (χ0v) is 15.8. The fourth-order valence-electron chi connectivity index (χ4n) is 2.22. The van der Waals surface area contributed by atoms with Crippen molar-refractivity contribution in [3.8, 4) is 5.75 Å². The van der Waals surface area contributed by atoms with Gasteiger partial charge in [-0.05, 0) is 56.2 Å². The monoisotopic (exact) mass is 376 g/mol. The molecule has 0 heterocycles. The highest BCUT2D eigenvalue weighted by Crippen LogP contribution is 2.24. The zero-order chi connectivity index (χ0) is 18.2. The maximum absolute atomic E-state index is 12.1. The first-order valence-corrected chi connectivity index (χ1v) is 8.84. The Labute approximate surface area is 158 Å². The molecule has 1 amide bonds. The molecule has 2 aromatic carbocycles. The number of carbonyl (C=O) groups excluding carboxylic acids is 1. The molecule has 4 nitrogen and oxygen atoms in total. The molecular formula is C19H21ClN2O2S. The molecule has 0 radical (unpaired) electrons. The van der Waals surface area contributed by atoms with Gasteiger partial charge in [0.2, 0.25) is 5.91 Å². The van der Waals surface area contributed by atoms with Crippen LogP contribution in [0.5, 0.6) is 5.75 Å². The fourth-order valence-corrected chi connectivity index (χ4v) is 2.67. The smallest absolute Gasteiger partial charge is 0.226 e. The first-order chi connectivity index (χ1) is 12.0. The number of hydrogen-bond acceptors (Lipinski definition) is 3. The Hall–Kier alpha value is -2.11. The summed E-state index contributed by atoms with van der Waals surface area (Å²) in [6.07, 6.45) is 0.901. The van der Waals surface area contributed by atoms with Gasteiger partial charge in [0.15, 0.2) is 5.11 Å². The van der Waals surface area contributed by atoms with Gasteiger partial charge in [-0.25, -0.2) is 0 Å². The number of anilines is 1. The van der Waals surface area contributed by atoms with Crippen molar-refractivity contribution >= 4 is 40.5 Å². The van der Waals surface area contributed by atoms with Crippen molar-refractivity contribution in [2.24, 2.45) is 0 Å². The van der Waals surface area contributed by atoms with Crippen molar-refractivity contribution in [2.75, 3.05) is 5.32 Å². The molecule has 0 aliphatic rings. The van der Waals surface area contributed by atoms with E-state index in [0.717, 1.165) is 5.56 Å². The topological polar surface area (TPSA) is 50.4 Å². The Balaban J connectivity index is 1.88. The maximum Gasteiger partial charge on any atom is 0.226 e. The predicted molar refractivity (Wildman–Crippen MR) is 106 cm³/mol. The van der Waals surface area contributed by atoms with Crippen molar-refractivity contribution < 1.29 is 9.53 Å². The molecule has 2 rings (SSSR count). The van der Waals surface area contributed by atoms with Gasteiger partial charge in [-0.1, -0.05) is 41.9 Å². The van der Waals surface area contributed by atoms with Crippen LogP contribution < -0.4 is 15.4 Å². The SMILES string of the molecule is CC(C)Oc1ccccc1NC(=S)NC(=O)CCc1ccccc1Cl. The van der Waals surface area contributed by atoms with Crippen LogP contribution in [0.15, 0.2) is 48.5 Å². The molecule has 2 N–H and O–H groups in total. The Bertz CT molecular complexity index is 750. The number of hydrogen-bond donors (Lipinski definition) is 2. The van der Waals surface area contributed by atoms with Gasteiger partial charge in [0, 0.05) is 11.4 Å². The van der Waals surface area contributed by atoms with Crippen molar-refractivity contribution in [3.05, 3.63) is 59.1 Å². The summed E-state index contributed by atoms with van der Waals surface area (Å²) in [6.45, 7) is 3.90. The van der Waals surface area contributed by atoms with Crippen LogP contribution in [0.3, 0.4) is 0 Å². The van der Waals surface area contributed by atoms with Gasteiger partial charge in [0.25, 0.3) is 0 Å². The average Bonchev–Trinajstić information content (AvgIpc) is 2.55. The van der Waals surface area contributed by atoms with Crippen LogP contribution in [-0.4, -0.2) is 17.1 Å². The molecule has 6 heteroatoms. The summed E-state index contributed by atoms with van der Waals surface area (Å²) in [5.41, 5.74) is 1.65. The molecule has 0 unspecified atom stereocenters. The minimum absolute atomic E-state index is 0.0433. The standard InChI is InChI=1S/C19H21ClN2O2S/c1-13(2)24-17-10-6-5-9-16(17)21-19(25)22-18(23)12-11-14-7-3-4-8-15(14)20/h3-10,13H,11-12H2,1-2H3,(H2,21,22,23,25). The number of ether oxygens (including phenoxy) is 1. The molecule has 132 valence electrons. The fraction of sp³-hybridized carbons (Fsp3) is 0.263. The Morgan fingerprint density at radius 1 is 1.16 bits per heavy atom. The third kappa shape index (κ3) is 6.36. The number of benzene rings is 2. The number of nitrogens with one attached hydrogen (secondary N) is 2. The normalized spacial score (nSPS) is 10.4. The quantitative estimate of drug-likeness (QED) is 0.725. The van der Waals surface area contributed by atoms with E-state index >= 15 is 0 Å². The number of thiocarbonyl (C=S) groups is 1.